The fourth-order valence-electron chi connectivity index (χ4n) is 4.24. The molecule has 7 nitrogen and oxygen atoms in total. The molecule has 0 spiro atoms. The van der Waals surface area contributed by atoms with Gasteiger partial charge in [0.2, 0.25) is 5.91 Å². The summed E-state index contributed by atoms with van der Waals surface area (Å²) in [6.07, 6.45) is 0.430. The first-order chi connectivity index (χ1) is 15.2. The molecule has 0 radical (unpaired) electrons. The third kappa shape index (κ3) is 4.75. The SMILES string of the molecule is CC(C)CN(C(=O)Cn1nc(-c2cccc3ccccc23)ccc1=O)[C@@H]1CCS(=O)(=O)C1. The van der Waals surface area contributed by atoms with Crippen LogP contribution in [0, 0.1) is 5.92 Å². The van der Waals surface area contributed by atoms with E-state index in [-0.39, 0.29) is 41.5 Å². The van der Waals surface area contributed by atoms with Gasteiger partial charge in [-0.05, 0) is 29.2 Å². The number of hydrogen-bond donors (Lipinski definition) is 0. The zero-order valence-electron chi connectivity index (χ0n) is 18.3. The van der Waals surface area contributed by atoms with Crippen LogP contribution in [0.15, 0.2) is 59.4 Å². The van der Waals surface area contributed by atoms with Crippen molar-refractivity contribution >= 4 is 26.5 Å². The van der Waals surface area contributed by atoms with Gasteiger partial charge in [0.05, 0.1) is 17.2 Å². The van der Waals surface area contributed by atoms with Gasteiger partial charge in [0.15, 0.2) is 9.84 Å². The lowest BCUT2D eigenvalue weighted by Crippen LogP contribution is -2.46. The Balaban J connectivity index is 1.65. The molecule has 1 atom stereocenters. The first-order valence-corrected chi connectivity index (χ1v) is 12.6. The smallest absolute Gasteiger partial charge is 0.267 e. The molecule has 1 amide bonds. The maximum Gasteiger partial charge on any atom is 0.267 e. The highest BCUT2D eigenvalue weighted by atomic mass is 32.2. The highest BCUT2D eigenvalue weighted by Gasteiger charge is 2.35. The fraction of sp³-hybridized carbons (Fsp3) is 0.375. The molecule has 1 fully saturated rings. The third-order valence-corrected chi connectivity index (χ3v) is 7.50. The number of amides is 1. The van der Waals surface area contributed by atoms with Crippen LogP contribution < -0.4 is 5.56 Å². The molecule has 4 rings (SSSR count). The summed E-state index contributed by atoms with van der Waals surface area (Å²) in [6.45, 7) is 4.18. The summed E-state index contributed by atoms with van der Waals surface area (Å²) < 4.78 is 25.1. The summed E-state index contributed by atoms with van der Waals surface area (Å²) in [5.41, 5.74) is 1.11. The van der Waals surface area contributed by atoms with Crippen molar-refractivity contribution in [2.45, 2.75) is 32.9 Å². The molecule has 1 aliphatic heterocycles. The summed E-state index contributed by atoms with van der Waals surface area (Å²) in [4.78, 5) is 27.3. The van der Waals surface area contributed by atoms with Gasteiger partial charge in [0.25, 0.3) is 5.56 Å². The Morgan fingerprint density at radius 3 is 2.59 bits per heavy atom. The highest BCUT2D eigenvalue weighted by molar-refractivity contribution is 7.91. The van der Waals surface area contributed by atoms with E-state index in [2.05, 4.69) is 5.10 Å². The van der Waals surface area contributed by atoms with Crippen LogP contribution in [0.25, 0.3) is 22.0 Å². The number of carbonyl (C=O) groups excluding carboxylic acids is 1. The molecule has 0 saturated carbocycles. The van der Waals surface area contributed by atoms with Crippen molar-refractivity contribution in [3.63, 3.8) is 0 Å². The van der Waals surface area contributed by atoms with Gasteiger partial charge in [0.1, 0.15) is 6.54 Å². The molecule has 0 aliphatic carbocycles. The Kier molecular flexibility index (Phi) is 6.15. The summed E-state index contributed by atoms with van der Waals surface area (Å²) in [5, 5.41) is 6.56. The topological polar surface area (TPSA) is 89.3 Å². The van der Waals surface area contributed by atoms with Gasteiger partial charge >= 0.3 is 0 Å². The van der Waals surface area contributed by atoms with Crippen LogP contribution >= 0.6 is 0 Å². The van der Waals surface area contributed by atoms with Crippen LogP contribution in [0.4, 0.5) is 0 Å². The molecule has 1 aromatic heterocycles. The van der Waals surface area contributed by atoms with E-state index in [9.17, 15) is 18.0 Å². The average molecular weight is 454 g/mol. The van der Waals surface area contributed by atoms with Crippen LogP contribution in [0.5, 0.6) is 0 Å². The number of sulfone groups is 1. The average Bonchev–Trinajstić information content (AvgIpc) is 3.12. The second kappa shape index (κ2) is 8.86. The Hall–Kier alpha value is -3.00. The molecule has 1 aliphatic rings. The van der Waals surface area contributed by atoms with E-state index in [4.69, 9.17) is 0 Å². The third-order valence-electron chi connectivity index (χ3n) is 5.75. The number of nitrogens with zero attached hydrogens (tertiary/aromatic N) is 3. The molecule has 32 heavy (non-hydrogen) atoms. The van der Waals surface area contributed by atoms with Gasteiger partial charge in [-0.3, -0.25) is 9.59 Å². The van der Waals surface area contributed by atoms with Crippen LogP contribution in [-0.2, 0) is 21.2 Å². The van der Waals surface area contributed by atoms with Crippen molar-refractivity contribution < 1.29 is 13.2 Å². The number of aromatic nitrogens is 2. The lowest BCUT2D eigenvalue weighted by Gasteiger charge is -2.30. The lowest BCUT2D eigenvalue weighted by atomic mass is 10.0. The van der Waals surface area contributed by atoms with E-state index in [1.165, 1.54) is 10.7 Å². The van der Waals surface area contributed by atoms with E-state index in [0.29, 0.717) is 18.7 Å². The molecule has 0 N–H and O–H groups in total. The minimum Gasteiger partial charge on any atom is -0.337 e. The minimum atomic E-state index is -3.13. The first kappa shape index (κ1) is 22.2. The summed E-state index contributed by atoms with van der Waals surface area (Å²) >= 11 is 0. The molecule has 0 unspecified atom stereocenters. The van der Waals surface area contributed by atoms with Gasteiger partial charge in [-0.15, -0.1) is 0 Å². The number of fused-ring (bicyclic) bond motifs is 1. The molecule has 1 saturated heterocycles. The predicted molar refractivity (Wildman–Crippen MR) is 125 cm³/mol. The molecule has 2 aromatic carbocycles. The number of benzene rings is 2. The normalized spacial score (nSPS) is 17.7. The maximum absolute atomic E-state index is 13.2. The standard InChI is InChI=1S/C24H27N3O4S/c1-17(2)14-26(19-12-13-32(30,31)16-19)24(29)15-27-23(28)11-10-22(25-27)21-9-5-7-18-6-3-4-8-20(18)21/h3-11,17,19H,12-16H2,1-2H3/t19-/m1/s1. The molecule has 3 aromatic rings. The molecule has 0 bridgehead atoms. The van der Waals surface area contributed by atoms with Crippen LogP contribution in [0.1, 0.15) is 20.3 Å². The second-order valence-corrected chi connectivity index (χ2v) is 11.0. The van der Waals surface area contributed by atoms with E-state index in [1.54, 1.807) is 11.0 Å². The minimum absolute atomic E-state index is 0.0240. The Bertz CT molecular complexity index is 1310. The predicted octanol–water partition coefficient (Wildman–Crippen LogP) is 2.74. The molecule has 8 heteroatoms. The number of carbonyl (C=O) groups is 1. The lowest BCUT2D eigenvalue weighted by molar-refractivity contribution is -0.134. The van der Waals surface area contributed by atoms with Crippen LogP contribution in [-0.4, -0.2) is 53.1 Å². The van der Waals surface area contributed by atoms with Crippen molar-refractivity contribution in [3.05, 3.63) is 65.0 Å². The summed E-state index contributed by atoms with van der Waals surface area (Å²) in [6, 6.07) is 16.5. The Morgan fingerprint density at radius 1 is 1.12 bits per heavy atom. The van der Waals surface area contributed by atoms with Gasteiger partial charge in [-0.25, -0.2) is 13.1 Å². The van der Waals surface area contributed by atoms with Gasteiger partial charge in [-0.1, -0.05) is 56.3 Å². The monoisotopic (exact) mass is 453 g/mol. The maximum atomic E-state index is 13.2. The Labute approximate surface area is 187 Å². The van der Waals surface area contributed by atoms with Crippen molar-refractivity contribution in [2.75, 3.05) is 18.1 Å². The van der Waals surface area contributed by atoms with Crippen molar-refractivity contribution in [2.24, 2.45) is 5.92 Å². The van der Waals surface area contributed by atoms with Gasteiger partial charge in [-0.2, -0.15) is 5.10 Å². The number of rotatable bonds is 6. The highest BCUT2D eigenvalue weighted by Crippen LogP contribution is 2.26. The summed E-state index contributed by atoms with van der Waals surface area (Å²) in [5.74, 6) is -0.0440. The molecule has 2 heterocycles. The number of hydrogen-bond acceptors (Lipinski definition) is 5. The van der Waals surface area contributed by atoms with E-state index >= 15 is 0 Å². The zero-order valence-corrected chi connectivity index (χ0v) is 19.1. The molecule has 168 valence electrons. The van der Waals surface area contributed by atoms with E-state index < -0.39 is 9.84 Å². The van der Waals surface area contributed by atoms with E-state index in [1.807, 2.05) is 56.3 Å². The summed E-state index contributed by atoms with van der Waals surface area (Å²) in [7, 11) is -3.13. The van der Waals surface area contributed by atoms with Gasteiger partial charge < -0.3 is 4.90 Å². The quantitative estimate of drug-likeness (QED) is 0.573. The van der Waals surface area contributed by atoms with Crippen LogP contribution in [0.3, 0.4) is 0 Å². The van der Waals surface area contributed by atoms with Gasteiger partial charge in [0, 0.05) is 24.2 Å². The van der Waals surface area contributed by atoms with E-state index in [0.717, 1.165) is 16.3 Å². The zero-order chi connectivity index (χ0) is 22.9. The molecular formula is C24H27N3O4S. The van der Waals surface area contributed by atoms with Crippen molar-refractivity contribution in [1.82, 2.24) is 14.7 Å². The van der Waals surface area contributed by atoms with Crippen molar-refractivity contribution in [3.8, 4) is 11.3 Å². The largest absolute Gasteiger partial charge is 0.337 e. The fourth-order valence-corrected chi connectivity index (χ4v) is 5.97. The Morgan fingerprint density at radius 2 is 1.88 bits per heavy atom. The van der Waals surface area contributed by atoms with Crippen molar-refractivity contribution in [1.29, 1.82) is 0 Å². The second-order valence-electron chi connectivity index (χ2n) is 8.74. The molecular weight excluding hydrogens is 426 g/mol. The van der Waals surface area contributed by atoms with Crippen LogP contribution in [0.2, 0.25) is 0 Å². The first-order valence-electron chi connectivity index (χ1n) is 10.8.